The second-order valence-electron chi connectivity index (χ2n) is 13.3. The van der Waals surface area contributed by atoms with Gasteiger partial charge in [-0.25, -0.2) is 0 Å². The van der Waals surface area contributed by atoms with Crippen LogP contribution in [-0.2, 0) is 33.8 Å². The van der Waals surface area contributed by atoms with Gasteiger partial charge in [-0.15, -0.1) is 0 Å². The van der Waals surface area contributed by atoms with Gasteiger partial charge in [-0.3, -0.25) is 0 Å². The fourth-order valence-electron chi connectivity index (χ4n) is 7.22. The van der Waals surface area contributed by atoms with Crippen molar-refractivity contribution in [3.05, 3.63) is 106 Å². The van der Waals surface area contributed by atoms with Crippen molar-refractivity contribution in [3.8, 4) is 33.4 Å². The average molecular weight is 667 g/mol. The third-order valence-electron chi connectivity index (χ3n) is 9.42. The van der Waals surface area contributed by atoms with Crippen molar-refractivity contribution in [2.75, 3.05) is 80.3 Å². The lowest BCUT2D eigenvalue weighted by molar-refractivity contribution is 0.0145. The zero-order valence-electron chi connectivity index (χ0n) is 30.4. The van der Waals surface area contributed by atoms with Gasteiger partial charge in [-0.2, -0.15) is 0 Å². The molecule has 6 heteroatoms. The normalized spacial score (nSPS) is 13.1. The van der Waals surface area contributed by atoms with Crippen LogP contribution in [0.5, 0.6) is 0 Å². The molecular weight excluding hydrogens is 612 g/mol. The zero-order chi connectivity index (χ0) is 34.6. The highest BCUT2D eigenvalue weighted by Gasteiger charge is 2.43. The van der Waals surface area contributed by atoms with Crippen molar-refractivity contribution < 1.29 is 28.4 Å². The minimum atomic E-state index is -0.303. The molecule has 5 rings (SSSR count). The molecule has 0 aliphatic heterocycles. The molecule has 0 fully saturated rings. The predicted molar refractivity (Wildman–Crippen MR) is 199 cm³/mol. The SMILES string of the molecule is COCCOCCOCCC1(CCOCCOCCOC)c2cc(-c3cc(C)cc(C)c3)ccc2-c2ccc(-c3cc(C)cc(C)c3)cc21. The molecule has 0 amide bonds. The Bertz CT molecular complexity index is 1500. The van der Waals surface area contributed by atoms with Crippen molar-refractivity contribution in [1.82, 2.24) is 0 Å². The maximum atomic E-state index is 6.27. The molecular formula is C43H54O6. The Morgan fingerprint density at radius 3 is 1.10 bits per heavy atom. The van der Waals surface area contributed by atoms with Crippen LogP contribution in [-0.4, -0.2) is 80.3 Å². The first-order valence-corrected chi connectivity index (χ1v) is 17.6. The number of hydrogen-bond acceptors (Lipinski definition) is 6. The number of ether oxygens (including phenoxy) is 6. The van der Waals surface area contributed by atoms with E-state index >= 15 is 0 Å². The fourth-order valence-corrected chi connectivity index (χ4v) is 7.22. The van der Waals surface area contributed by atoms with Crippen molar-refractivity contribution in [2.24, 2.45) is 0 Å². The maximum Gasteiger partial charge on any atom is 0.0701 e. The minimum absolute atomic E-state index is 0.303. The number of fused-ring (bicyclic) bond motifs is 3. The van der Waals surface area contributed by atoms with Crippen LogP contribution in [0.4, 0.5) is 0 Å². The fraction of sp³-hybridized carbons (Fsp3) is 0.442. The summed E-state index contributed by atoms with van der Waals surface area (Å²) in [6.45, 7) is 14.4. The summed E-state index contributed by atoms with van der Waals surface area (Å²) in [6.07, 6.45) is 1.65. The van der Waals surface area contributed by atoms with Gasteiger partial charge in [-0.05, 0) is 97.2 Å². The van der Waals surface area contributed by atoms with Gasteiger partial charge in [0.15, 0.2) is 0 Å². The van der Waals surface area contributed by atoms with E-state index in [1.54, 1.807) is 14.2 Å². The molecule has 6 nitrogen and oxygen atoms in total. The Morgan fingerprint density at radius 1 is 0.388 bits per heavy atom. The van der Waals surface area contributed by atoms with E-state index in [1.165, 1.54) is 66.8 Å². The molecule has 0 aromatic heterocycles. The van der Waals surface area contributed by atoms with Crippen LogP contribution in [0.25, 0.3) is 33.4 Å². The molecule has 1 aliphatic rings. The number of aryl methyl sites for hydroxylation is 4. The van der Waals surface area contributed by atoms with Gasteiger partial charge in [0.05, 0.1) is 52.9 Å². The maximum absolute atomic E-state index is 6.27. The van der Waals surface area contributed by atoms with Gasteiger partial charge in [-0.1, -0.05) is 82.9 Å². The van der Waals surface area contributed by atoms with Crippen molar-refractivity contribution in [3.63, 3.8) is 0 Å². The second-order valence-corrected chi connectivity index (χ2v) is 13.3. The highest BCUT2D eigenvalue weighted by molar-refractivity contribution is 5.86. The van der Waals surface area contributed by atoms with E-state index < -0.39 is 0 Å². The minimum Gasteiger partial charge on any atom is -0.382 e. The van der Waals surface area contributed by atoms with E-state index in [4.69, 9.17) is 28.4 Å². The third-order valence-corrected chi connectivity index (χ3v) is 9.42. The standard InChI is InChI=1S/C43H54O6/c1-31-23-32(2)26-37(25-31)35-7-9-39-40-10-8-36(38-27-33(3)24-34(4)28-38)30-42(40)43(41(39)29-35,11-13-46-19-21-48-17-15-44-5)12-14-47-20-22-49-18-16-45-6/h7-10,23-30H,11-22H2,1-6H3. The zero-order valence-corrected chi connectivity index (χ0v) is 30.4. The molecule has 0 spiro atoms. The quantitative estimate of drug-likeness (QED) is 0.0881. The van der Waals surface area contributed by atoms with Crippen LogP contribution in [0.3, 0.4) is 0 Å². The van der Waals surface area contributed by atoms with Gasteiger partial charge in [0.1, 0.15) is 0 Å². The summed E-state index contributed by atoms with van der Waals surface area (Å²) >= 11 is 0. The summed E-state index contributed by atoms with van der Waals surface area (Å²) in [5.41, 5.74) is 15.0. The first kappa shape index (κ1) is 36.9. The van der Waals surface area contributed by atoms with E-state index in [2.05, 4.69) is 100 Å². The molecule has 0 saturated heterocycles. The van der Waals surface area contributed by atoms with E-state index in [0.717, 1.165) is 12.8 Å². The first-order chi connectivity index (χ1) is 23.8. The van der Waals surface area contributed by atoms with Gasteiger partial charge in [0.25, 0.3) is 0 Å². The van der Waals surface area contributed by atoms with Gasteiger partial charge < -0.3 is 28.4 Å². The largest absolute Gasteiger partial charge is 0.382 e. The molecule has 0 bridgehead atoms. The van der Waals surface area contributed by atoms with Crippen molar-refractivity contribution in [1.29, 1.82) is 0 Å². The molecule has 1 aliphatic carbocycles. The smallest absolute Gasteiger partial charge is 0.0701 e. The average Bonchev–Trinajstić information content (AvgIpc) is 3.34. The molecule has 0 unspecified atom stereocenters. The van der Waals surface area contributed by atoms with Crippen LogP contribution in [0.2, 0.25) is 0 Å². The number of methoxy groups -OCH3 is 2. The van der Waals surface area contributed by atoms with E-state index in [-0.39, 0.29) is 5.41 Å². The first-order valence-electron chi connectivity index (χ1n) is 17.6. The Balaban J connectivity index is 1.52. The lowest BCUT2D eigenvalue weighted by Gasteiger charge is -2.33. The highest BCUT2D eigenvalue weighted by Crippen LogP contribution is 2.54. The predicted octanol–water partition coefficient (Wildman–Crippen LogP) is 8.66. The second kappa shape index (κ2) is 18.0. The summed E-state index contributed by atoms with van der Waals surface area (Å²) < 4.78 is 34.1. The molecule has 0 radical (unpaired) electrons. The topological polar surface area (TPSA) is 55.4 Å². The number of rotatable bonds is 20. The Labute approximate surface area is 293 Å². The summed E-state index contributed by atoms with van der Waals surface area (Å²) in [7, 11) is 3.37. The summed E-state index contributed by atoms with van der Waals surface area (Å²) in [5.74, 6) is 0. The molecule has 4 aromatic carbocycles. The summed E-state index contributed by atoms with van der Waals surface area (Å²) in [6, 6.07) is 27.7. The van der Waals surface area contributed by atoms with Crippen LogP contribution < -0.4 is 0 Å². The summed E-state index contributed by atoms with van der Waals surface area (Å²) in [4.78, 5) is 0. The Kier molecular flexibility index (Phi) is 13.6. The van der Waals surface area contributed by atoms with Crippen LogP contribution in [0, 0.1) is 27.7 Å². The van der Waals surface area contributed by atoms with E-state index in [1.807, 2.05) is 0 Å². The molecule has 0 saturated carbocycles. The Hall–Kier alpha value is -3.36. The molecule has 49 heavy (non-hydrogen) atoms. The molecule has 0 atom stereocenters. The van der Waals surface area contributed by atoms with Crippen molar-refractivity contribution in [2.45, 2.75) is 46.0 Å². The number of benzene rings is 4. The molecule has 262 valence electrons. The van der Waals surface area contributed by atoms with Crippen molar-refractivity contribution >= 4 is 0 Å². The van der Waals surface area contributed by atoms with Crippen LogP contribution >= 0.6 is 0 Å². The van der Waals surface area contributed by atoms with E-state index in [0.29, 0.717) is 66.1 Å². The van der Waals surface area contributed by atoms with Crippen LogP contribution in [0.1, 0.15) is 46.2 Å². The number of hydrogen-bond donors (Lipinski definition) is 0. The van der Waals surface area contributed by atoms with E-state index in [9.17, 15) is 0 Å². The lowest BCUT2D eigenvalue weighted by Crippen LogP contribution is -2.30. The lowest BCUT2D eigenvalue weighted by atomic mass is 9.72. The van der Waals surface area contributed by atoms with Gasteiger partial charge in [0.2, 0.25) is 0 Å². The Morgan fingerprint density at radius 2 is 0.735 bits per heavy atom. The molecule has 0 heterocycles. The highest BCUT2D eigenvalue weighted by atomic mass is 16.5. The van der Waals surface area contributed by atoms with Crippen LogP contribution in [0.15, 0.2) is 72.8 Å². The molecule has 0 N–H and O–H groups in total. The van der Waals surface area contributed by atoms with Gasteiger partial charge in [0, 0.05) is 32.8 Å². The molecule has 4 aromatic rings. The summed E-state index contributed by atoms with van der Waals surface area (Å²) in [5, 5.41) is 0. The third kappa shape index (κ3) is 9.46. The van der Waals surface area contributed by atoms with Gasteiger partial charge >= 0.3 is 0 Å². The monoisotopic (exact) mass is 666 g/mol.